The van der Waals surface area contributed by atoms with Gasteiger partial charge in [-0.1, -0.05) is 23.7 Å². The Balaban J connectivity index is 2.10. The summed E-state index contributed by atoms with van der Waals surface area (Å²) >= 11 is 6.23. The number of hydrogen-bond donors (Lipinski definition) is 1. The third-order valence-electron chi connectivity index (χ3n) is 3.52. The molecular formula is C14H16ClN3O. The SMILES string of the molecule is COc1cccc(-c2nc(Cl)c3n2CC(N)CC3)c1. The van der Waals surface area contributed by atoms with Crippen LogP contribution in [-0.2, 0) is 13.0 Å². The molecule has 2 N–H and O–H groups in total. The van der Waals surface area contributed by atoms with Crippen LogP contribution in [0.15, 0.2) is 24.3 Å². The molecule has 0 saturated carbocycles. The molecule has 0 radical (unpaired) electrons. The Morgan fingerprint density at radius 2 is 2.32 bits per heavy atom. The number of benzene rings is 1. The van der Waals surface area contributed by atoms with Gasteiger partial charge in [0.1, 0.15) is 11.6 Å². The van der Waals surface area contributed by atoms with Crippen molar-refractivity contribution in [1.82, 2.24) is 9.55 Å². The van der Waals surface area contributed by atoms with Crippen LogP contribution in [0.3, 0.4) is 0 Å². The van der Waals surface area contributed by atoms with Gasteiger partial charge in [0.2, 0.25) is 0 Å². The Morgan fingerprint density at radius 3 is 3.11 bits per heavy atom. The van der Waals surface area contributed by atoms with Gasteiger partial charge in [-0.15, -0.1) is 0 Å². The van der Waals surface area contributed by atoms with E-state index in [0.29, 0.717) is 5.15 Å². The fraction of sp³-hybridized carbons (Fsp3) is 0.357. The summed E-state index contributed by atoms with van der Waals surface area (Å²) in [5.41, 5.74) is 8.13. The highest BCUT2D eigenvalue weighted by atomic mass is 35.5. The average Bonchev–Trinajstić information content (AvgIpc) is 2.75. The molecule has 1 aromatic carbocycles. The Kier molecular flexibility index (Phi) is 3.21. The summed E-state index contributed by atoms with van der Waals surface area (Å²) in [5, 5.41) is 0.588. The first-order valence-electron chi connectivity index (χ1n) is 6.34. The number of ether oxygens (including phenoxy) is 1. The van der Waals surface area contributed by atoms with Crippen LogP contribution in [0.1, 0.15) is 12.1 Å². The van der Waals surface area contributed by atoms with Crippen molar-refractivity contribution in [2.24, 2.45) is 5.73 Å². The Morgan fingerprint density at radius 1 is 1.47 bits per heavy atom. The summed E-state index contributed by atoms with van der Waals surface area (Å²) in [4.78, 5) is 4.49. The minimum Gasteiger partial charge on any atom is -0.497 e. The fourth-order valence-electron chi connectivity index (χ4n) is 2.52. The zero-order valence-corrected chi connectivity index (χ0v) is 11.5. The number of imidazole rings is 1. The van der Waals surface area contributed by atoms with Gasteiger partial charge in [0, 0.05) is 18.2 Å². The van der Waals surface area contributed by atoms with Crippen molar-refractivity contribution in [3.05, 3.63) is 35.1 Å². The first-order valence-corrected chi connectivity index (χ1v) is 6.71. The van der Waals surface area contributed by atoms with E-state index in [1.165, 1.54) is 0 Å². The quantitative estimate of drug-likeness (QED) is 0.917. The maximum Gasteiger partial charge on any atom is 0.150 e. The van der Waals surface area contributed by atoms with E-state index in [1.807, 2.05) is 24.3 Å². The molecule has 2 heterocycles. The van der Waals surface area contributed by atoms with Crippen LogP contribution in [0.5, 0.6) is 5.75 Å². The zero-order chi connectivity index (χ0) is 13.4. The third-order valence-corrected chi connectivity index (χ3v) is 3.82. The van der Waals surface area contributed by atoms with Crippen LogP contribution in [0.25, 0.3) is 11.4 Å². The van der Waals surface area contributed by atoms with Gasteiger partial charge in [-0.25, -0.2) is 4.98 Å². The molecular weight excluding hydrogens is 262 g/mol. The summed E-state index contributed by atoms with van der Waals surface area (Å²) in [7, 11) is 1.66. The number of rotatable bonds is 2. The molecule has 0 bridgehead atoms. The van der Waals surface area contributed by atoms with E-state index in [1.54, 1.807) is 7.11 Å². The van der Waals surface area contributed by atoms with Gasteiger partial charge < -0.3 is 15.0 Å². The number of aromatic nitrogens is 2. The summed E-state index contributed by atoms with van der Waals surface area (Å²) < 4.78 is 7.38. The van der Waals surface area contributed by atoms with Crippen molar-refractivity contribution >= 4 is 11.6 Å². The molecule has 1 aliphatic rings. The van der Waals surface area contributed by atoms with Crippen molar-refractivity contribution in [3.63, 3.8) is 0 Å². The molecule has 0 spiro atoms. The van der Waals surface area contributed by atoms with E-state index >= 15 is 0 Å². The minimum absolute atomic E-state index is 0.169. The number of halogens is 1. The van der Waals surface area contributed by atoms with Crippen LogP contribution in [-0.4, -0.2) is 22.7 Å². The van der Waals surface area contributed by atoms with E-state index < -0.39 is 0 Å². The van der Waals surface area contributed by atoms with Gasteiger partial charge in [0.15, 0.2) is 5.15 Å². The standard InChI is InChI=1S/C14H16ClN3O/c1-19-11-4-2-3-9(7-11)14-17-13(15)12-6-5-10(16)8-18(12)14/h2-4,7,10H,5-6,8,16H2,1H3. The summed E-state index contributed by atoms with van der Waals surface area (Å²) in [6.45, 7) is 0.765. The molecule has 100 valence electrons. The lowest BCUT2D eigenvalue weighted by Crippen LogP contribution is -2.32. The van der Waals surface area contributed by atoms with Crippen LogP contribution in [0.2, 0.25) is 5.15 Å². The number of methoxy groups -OCH3 is 1. The minimum atomic E-state index is 0.169. The van der Waals surface area contributed by atoms with Gasteiger partial charge in [-0.05, 0) is 25.0 Å². The van der Waals surface area contributed by atoms with E-state index in [9.17, 15) is 0 Å². The lowest BCUT2D eigenvalue weighted by molar-refractivity contribution is 0.415. The molecule has 1 unspecified atom stereocenters. The first-order chi connectivity index (χ1) is 9.19. The summed E-state index contributed by atoms with van der Waals surface area (Å²) in [6, 6.07) is 8.01. The number of fused-ring (bicyclic) bond motifs is 1. The molecule has 3 rings (SSSR count). The van der Waals surface area contributed by atoms with Crippen LogP contribution < -0.4 is 10.5 Å². The zero-order valence-electron chi connectivity index (χ0n) is 10.8. The van der Waals surface area contributed by atoms with Gasteiger partial charge in [0.05, 0.1) is 12.8 Å². The average molecular weight is 278 g/mol. The molecule has 0 amide bonds. The number of hydrogen-bond acceptors (Lipinski definition) is 3. The van der Waals surface area contributed by atoms with Gasteiger partial charge in [-0.3, -0.25) is 0 Å². The molecule has 4 nitrogen and oxygen atoms in total. The normalized spacial score (nSPS) is 18.2. The highest BCUT2D eigenvalue weighted by Crippen LogP contribution is 2.31. The fourth-order valence-corrected chi connectivity index (χ4v) is 2.80. The molecule has 0 saturated heterocycles. The predicted molar refractivity (Wildman–Crippen MR) is 75.5 cm³/mol. The smallest absolute Gasteiger partial charge is 0.150 e. The van der Waals surface area contributed by atoms with Crippen molar-refractivity contribution in [2.75, 3.05) is 7.11 Å². The highest BCUT2D eigenvalue weighted by molar-refractivity contribution is 6.30. The molecule has 5 heteroatoms. The molecule has 2 aromatic rings. The first kappa shape index (κ1) is 12.5. The Labute approximate surface area is 117 Å². The maximum atomic E-state index is 6.23. The molecule has 1 aliphatic heterocycles. The highest BCUT2D eigenvalue weighted by Gasteiger charge is 2.23. The van der Waals surface area contributed by atoms with Crippen molar-refractivity contribution in [3.8, 4) is 17.1 Å². The van der Waals surface area contributed by atoms with Crippen molar-refractivity contribution < 1.29 is 4.74 Å². The van der Waals surface area contributed by atoms with Crippen LogP contribution in [0, 0.1) is 0 Å². The van der Waals surface area contributed by atoms with Crippen LogP contribution >= 0.6 is 11.6 Å². The maximum absolute atomic E-state index is 6.23. The monoisotopic (exact) mass is 277 g/mol. The number of nitrogens with zero attached hydrogens (tertiary/aromatic N) is 2. The lowest BCUT2D eigenvalue weighted by atomic mass is 10.1. The Bertz CT molecular complexity index is 609. The third kappa shape index (κ3) is 2.22. The van der Waals surface area contributed by atoms with Gasteiger partial charge >= 0.3 is 0 Å². The largest absolute Gasteiger partial charge is 0.497 e. The second-order valence-corrected chi connectivity index (χ2v) is 5.17. The van der Waals surface area contributed by atoms with Gasteiger partial charge in [0.25, 0.3) is 0 Å². The molecule has 1 aromatic heterocycles. The van der Waals surface area contributed by atoms with Crippen LogP contribution in [0.4, 0.5) is 0 Å². The number of nitrogens with two attached hydrogens (primary N) is 1. The molecule has 1 atom stereocenters. The molecule has 0 aliphatic carbocycles. The van der Waals surface area contributed by atoms with E-state index in [-0.39, 0.29) is 6.04 Å². The topological polar surface area (TPSA) is 53.1 Å². The predicted octanol–water partition coefficient (Wildman–Crippen LogP) is 2.49. The Hall–Kier alpha value is -1.52. The molecule has 0 fully saturated rings. The van der Waals surface area contributed by atoms with E-state index in [0.717, 1.165) is 42.2 Å². The lowest BCUT2D eigenvalue weighted by Gasteiger charge is -2.22. The van der Waals surface area contributed by atoms with Gasteiger partial charge in [-0.2, -0.15) is 0 Å². The second kappa shape index (κ2) is 4.87. The van der Waals surface area contributed by atoms with E-state index in [4.69, 9.17) is 22.1 Å². The van der Waals surface area contributed by atoms with E-state index in [2.05, 4.69) is 9.55 Å². The van der Waals surface area contributed by atoms with Crippen molar-refractivity contribution in [1.29, 1.82) is 0 Å². The summed E-state index contributed by atoms with van der Waals surface area (Å²) in [6.07, 6.45) is 1.85. The molecule has 19 heavy (non-hydrogen) atoms. The van der Waals surface area contributed by atoms with Crippen molar-refractivity contribution in [2.45, 2.75) is 25.4 Å². The summed E-state index contributed by atoms with van der Waals surface area (Å²) in [5.74, 6) is 1.68. The second-order valence-electron chi connectivity index (χ2n) is 4.81.